The predicted octanol–water partition coefficient (Wildman–Crippen LogP) is 4.72. The number of anilines is 1. The summed E-state index contributed by atoms with van der Waals surface area (Å²) in [4.78, 5) is 0. The third-order valence-electron chi connectivity index (χ3n) is 2.92. The molecule has 0 aromatic heterocycles. The molecule has 0 bridgehead atoms. The van der Waals surface area contributed by atoms with Gasteiger partial charge in [0.15, 0.2) is 0 Å². The van der Waals surface area contributed by atoms with Crippen LogP contribution < -0.4 is 10.1 Å². The minimum absolute atomic E-state index is 0.0758. The molecule has 5 heteroatoms. The Labute approximate surface area is 121 Å². The Kier molecular flexibility index (Phi) is 4.73. The maximum Gasteiger partial charge on any atom is 0.418 e. The molecule has 0 aliphatic heterocycles. The van der Waals surface area contributed by atoms with Gasteiger partial charge in [0.2, 0.25) is 0 Å². The van der Waals surface area contributed by atoms with E-state index in [1.165, 1.54) is 12.1 Å². The fourth-order valence-electron chi connectivity index (χ4n) is 1.99. The van der Waals surface area contributed by atoms with E-state index < -0.39 is 11.7 Å². The van der Waals surface area contributed by atoms with Gasteiger partial charge < -0.3 is 10.1 Å². The molecule has 0 aliphatic carbocycles. The van der Waals surface area contributed by atoms with Crippen LogP contribution in [0.3, 0.4) is 0 Å². The minimum Gasteiger partial charge on any atom is -0.494 e. The van der Waals surface area contributed by atoms with Gasteiger partial charge >= 0.3 is 6.18 Å². The molecule has 21 heavy (non-hydrogen) atoms. The number of alkyl halides is 3. The second kappa shape index (κ2) is 6.52. The third kappa shape index (κ3) is 4.15. The van der Waals surface area contributed by atoms with E-state index in [1.807, 2.05) is 31.2 Å². The summed E-state index contributed by atoms with van der Waals surface area (Å²) in [6.45, 7) is 2.73. The molecule has 1 N–H and O–H groups in total. The Morgan fingerprint density at radius 3 is 2.52 bits per heavy atom. The lowest BCUT2D eigenvalue weighted by atomic mass is 10.1. The van der Waals surface area contributed by atoms with Crippen LogP contribution in [0.5, 0.6) is 5.75 Å². The molecule has 2 aromatic rings. The van der Waals surface area contributed by atoms with E-state index in [1.54, 1.807) is 6.07 Å². The van der Waals surface area contributed by atoms with Crippen molar-refractivity contribution in [1.29, 1.82) is 0 Å². The van der Waals surface area contributed by atoms with Gasteiger partial charge in [-0.3, -0.25) is 0 Å². The van der Waals surface area contributed by atoms with Crippen molar-refractivity contribution < 1.29 is 17.9 Å². The summed E-state index contributed by atoms with van der Waals surface area (Å²) < 4.78 is 44.0. The number of benzene rings is 2. The maximum absolute atomic E-state index is 12.9. The summed E-state index contributed by atoms with van der Waals surface area (Å²) in [5.41, 5.74) is 0.274. The molecule has 112 valence electrons. The summed E-state index contributed by atoms with van der Waals surface area (Å²) in [7, 11) is 0. The van der Waals surface area contributed by atoms with Crippen molar-refractivity contribution in [2.24, 2.45) is 0 Å². The smallest absolute Gasteiger partial charge is 0.418 e. The van der Waals surface area contributed by atoms with Crippen molar-refractivity contribution >= 4 is 5.69 Å². The molecule has 0 saturated heterocycles. The van der Waals surface area contributed by atoms with Crippen LogP contribution in [0.15, 0.2) is 48.5 Å². The molecule has 0 fully saturated rings. The standard InChI is InChI=1S/C16H16F3NO/c1-2-21-13-7-5-6-12(10-13)11-20-15-9-4-3-8-14(15)16(17,18)19/h3-10,20H,2,11H2,1H3. The zero-order valence-corrected chi connectivity index (χ0v) is 11.6. The topological polar surface area (TPSA) is 21.3 Å². The SMILES string of the molecule is CCOc1cccc(CNc2ccccc2C(F)(F)F)c1. The van der Waals surface area contributed by atoms with E-state index in [9.17, 15) is 13.2 Å². The Morgan fingerprint density at radius 2 is 1.81 bits per heavy atom. The molecule has 0 aliphatic rings. The van der Waals surface area contributed by atoms with E-state index in [0.717, 1.165) is 11.6 Å². The zero-order valence-electron chi connectivity index (χ0n) is 11.6. The molecule has 0 amide bonds. The van der Waals surface area contributed by atoms with Gasteiger partial charge in [-0.15, -0.1) is 0 Å². The lowest BCUT2D eigenvalue weighted by Crippen LogP contribution is -2.10. The molecule has 2 aromatic carbocycles. The van der Waals surface area contributed by atoms with Gasteiger partial charge in [-0.25, -0.2) is 0 Å². The Hall–Kier alpha value is -2.17. The van der Waals surface area contributed by atoms with Crippen molar-refractivity contribution in [3.63, 3.8) is 0 Å². The van der Waals surface area contributed by atoms with Crippen molar-refractivity contribution in [3.8, 4) is 5.75 Å². The van der Waals surface area contributed by atoms with E-state index in [-0.39, 0.29) is 5.69 Å². The summed E-state index contributed by atoms with van der Waals surface area (Å²) in [5, 5.41) is 2.83. The van der Waals surface area contributed by atoms with Crippen LogP contribution in [-0.2, 0) is 12.7 Å². The average molecular weight is 295 g/mol. The molecule has 0 heterocycles. The number of hydrogen-bond donors (Lipinski definition) is 1. The van der Waals surface area contributed by atoms with Crippen LogP contribution >= 0.6 is 0 Å². The van der Waals surface area contributed by atoms with Gasteiger partial charge in [-0.1, -0.05) is 24.3 Å². The van der Waals surface area contributed by atoms with Crippen molar-refractivity contribution in [1.82, 2.24) is 0 Å². The first-order valence-electron chi connectivity index (χ1n) is 6.62. The highest BCUT2D eigenvalue weighted by atomic mass is 19.4. The third-order valence-corrected chi connectivity index (χ3v) is 2.92. The zero-order chi connectivity index (χ0) is 15.3. The average Bonchev–Trinajstić information content (AvgIpc) is 2.45. The lowest BCUT2D eigenvalue weighted by Gasteiger charge is -2.14. The van der Waals surface area contributed by atoms with Crippen molar-refractivity contribution in [2.75, 3.05) is 11.9 Å². The Morgan fingerprint density at radius 1 is 1.05 bits per heavy atom. The number of ether oxygens (including phenoxy) is 1. The Balaban J connectivity index is 2.12. The van der Waals surface area contributed by atoms with Gasteiger partial charge in [0.25, 0.3) is 0 Å². The lowest BCUT2D eigenvalue weighted by molar-refractivity contribution is -0.136. The normalized spacial score (nSPS) is 11.2. The van der Waals surface area contributed by atoms with Gasteiger partial charge in [0.1, 0.15) is 5.75 Å². The number of para-hydroxylation sites is 1. The molecule has 2 nitrogen and oxygen atoms in total. The van der Waals surface area contributed by atoms with Crippen LogP contribution in [-0.4, -0.2) is 6.61 Å². The van der Waals surface area contributed by atoms with Crippen LogP contribution in [0.25, 0.3) is 0 Å². The van der Waals surface area contributed by atoms with Crippen LogP contribution in [0, 0.1) is 0 Å². The molecule has 0 radical (unpaired) electrons. The second-order valence-corrected chi connectivity index (χ2v) is 4.48. The Bertz CT molecular complexity index is 596. The van der Waals surface area contributed by atoms with Gasteiger partial charge in [0.05, 0.1) is 12.2 Å². The molecule has 0 atom stereocenters. The quantitative estimate of drug-likeness (QED) is 0.862. The molecule has 0 unspecified atom stereocenters. The molecule has 0 spiro atoms. The van der Waals surface area contributed by atoms with Gasteiger partial charge in [-0.2, -0.15) is 13.2 Å². The van der Waals surface area contributed by atoms with Crippen LogP contribution in [0.1, 0.15) is 18.1 Å². The van der Waals surface area contributed by atoms with Gasteiger partial charge in [0, 0.05) is 12.2 Å². The van der Waals surface area contributed by atoms with E-state index in [2.05, 4.69) is 5.32 Å². The van der Waals surface area contributed by atoms with Crippen molar-refractivity contribution in [2.45, 2.75) is 19.6 Å². The molecular weight excluding hydrogens is 279 g/mol. The van der Waals surface area contributed by atoms with E-state index in [4.69, 9.17) is 4.74 Å². The molecule has 0 saturated carbocycles. The van der Waals surface area contributed by atoms with E-state index in [0.29, 0.717) is 18.9 Å². The molecular formula is C16H16F3NO. The fourth-order valence-corrected chi connectivity index (χ4v) is 1.99. The van der Waals surface area contributed by atoms with Crippen molar-refractivity contribution in [3.05, 3.63) is 59.7 Å². The fraction of sp³-hybridized carbons (Fsp3) is 0.250. The van der Waals surface area contributed by atoms with Gasteiger partial charge in [-0.05, 0) is 36.8 Å². The highest BCUT2D eigenvalue weighted by Crippen LogP contribution is 2.34. The van der Waals surface area contributed by atoms with E-state index >= 15 is 0 Å². The monoisotopic (exact) mass is 295 g/mol. The van der Waals surface area contributed by atoms with Crippen LogP contribution in [0.4, 0.5) is 18.9 Å². The largest absolute Gasteiger partial charge is 0.494 e. The maximum atomic E-state index is 12.9. The minimum atomic E-state index is -4.36. The predicted molar refractivity (Wildman–Crippen MR) is 76.4 cm³/mol. The second-order valence-electron chi connectivity index (χ2n) is 4.48. The first kappa shape index (κ1) is 15.2. The number of hydrogen-bond acceptors (Lipinski definition) is 2. The first-order valence-corrected chi connectivity index (χ1v) is 6.62. The van der Waals surface area contributed by atoms with Crippen LogP contribution in [0.2, 0.25) is 0 Å². The summed E-state index contributed by atoms with van der Waals surface area (Å²) in [5.74, 6) is 0.709. The highest BCUT2D eigenvalue weighted by molar-refractivity contribution is 5.53. The summed E-state index contributed by atoms with van der Waals surface area (Å²) in [6.07, 6.45) is -4.36. The molecule has 2 rings (SSSR count). The number of nitrogens with one attached hydrogen (secondary N) is 1. The summed E-state index contributed by atoms with van der Waals surface area (Å²) >= 11 is 0. The summed E-state index contributed by atoms with van der Waals surface area (Å²) in [6, 6.07) is 12.7. The first-order chi connectivity index (χ1) is 10.0. The highest BCUT2D eigenvalue weighted by Gasteiger charge is 2.32. The number of rotatable bonds is 5. The number of halogens is 3.